The van der Waals surface area contributed by atoms with Crippen LogP contribution in [0.5, 0.6) is 0 Å². The lowest BCUT2D eigenvalue weighted by Crippen LogP contribution is -2.14. The van der Waals surface area contributed by atoms with Crippen LogP contribution in [0.15, 0.2) is 74.9 Å². The second-order valence-corrected chi connectivity index (χ2v) is 6.28. The number of aliphatic imine (C=N–C) groups is 1. The lowest BCUT2D eigenvalue weighted by molar-refractivity contribution is 0.1000. The smallest absolute Gasteiger partial charge is 0.347 e. The van der Waals surface area contributed by atoms with Gasteiger partial charge < -0.3 is 9.40 Å². The molecule has 27 heavy (non-hydrogen) atoms. The third-order valence-corrected chi connectivity index (χ3v) is 4.55. The Balaban J connectivity index is 1.57. The van der Waals surface area contributed by atoms with Crippen molar-refractivity contribution in [1.29, 1.82) is 0 Å². The maximum absolute atomic E-state index is 12.4. The van der Waals surface area contributed by atoms with Crippen LogP contribution in [0.25, 0.3) is 22.5 Å². The zero-order valence-corrected chi connectivity index (χ0v) is 14.1. The summed E-state index contributed by atoms with van der Waals surface area (Å²) in [5.74, 6) is 0.232. The van der Waals surface area contributed by atoms with Crippen LogP contribution in [0.1, 0.15) is 22.5 Å². The van der Waals surface area contributed by atoms with Crippen molar-refractivity contribution in [3.63, 3.8) is 0 Å². The van der Waals surface area contributed by atoms with Gasteiger partial charge in [0, 0.05) is 5.56 Å². The lowest BCUT2D eigenvalue weighted by atomic mass is 9.99. The highest BCUT2D eigenvalue weighted by Crippen LogP contribution is 2.28. The molecule has 4 aromatic rings. The zero-order valence-electron chi connectivity index (χ0n) is 14.1. The molecule has 6 heteroatoms. The number of nitrogens with one attached hydrogen (secondary N) is 1. The van der Waals surface area contributed by atoms with E-state index in [9.17, 15) is 9.59 Å². The van der Waals surface area contributed by atoms with E-state index in [1.807, 2.05) is 30.3 Å². The van der Waals surface area contributed by atoms with Gasteiger partial charge in [-0.2, -0.15) is 0 Å². The van der Waals surface area contributed by atoms with Crippen LogP contribution in [0.2, 0.25) is 0 Å². The van der Waals surface area contributed by atoms with Crippen molar-refractivity contribution in [3.05, 3.63) is 82.3 Å². The summed E-state index contributed by atoms with van der Waals surface area (Å²) in [7, 11) is 0. The largest absolute Gasteiger partial charge is 0.401 e. The van der Waals surface area contributed by atoms with Gasteiger partial charge in [-0.1, -0.05) is 24.3 Å². The molecule has 0 fully saturated rings. The summed E-state index contributed by atoms with van der Waals surface area (Å²) in [6.45, 7) is 0. The zero-order chi connectivity index (χ0) is 18.4. The monoisotopic (exact) mass is 355 g/mol. The number of rotatable bonds is 2. The maximum Gasteiger partial charge on any atom is 0.347 e. The van der Waals surface area contributed by atoms with Crippen molar-refractivity contribution in [2.75, 3.05) is 0 Å². The number of Topliss-reactive ketones (excluding diaryl/α,β-unsaturated/α-hetero) is 1. The molecule has 6 nitrogen and oxygen atoms in total. The van der Waals surface area contributed by atoms with Gasteiger partial charge in [0.25, 0.3) is 0 Å². The summed E-state index contributed by atoms with van der Waals surface area (Å²) in [6, 6.07) is 17.9. The van der Waals surface area contributed by atoms with Crippen molar-refractivity contribution < 1.29 is 9.21 Å². The second kappa shape index (κ2) is 5.88. The normalized spacial score (nSPS) is 13.5. The SMILES string of the molecule is O=C1CC(c2ccc(-c3nc4ccccc4c(=O)o3)[nH]2)=Nc2ccccc21. The summed E-state index contributed by atoms with van der Waals surface area (Å²) in [6.07, 6.45) is 0.214. The molecule has 0 amide bonds. The van der Waals surface area contributed by atoms with Crippen LogP contribution in [-0.4, -0.2) is 21.5 Å². The molecule has 1 aliphatic heterocycles. The van der Waals surface area contributed by atoms with Crippen LogP contribution in [0.4, 0.5) is 5.69 Å². The van der Waals surface area contributed by atoms with E-state index in [0.29, 0.717) is 39.3 Å². The first-order chi connectivity index (χ1) is 13.2. The number of ketones is 1. The Bertz CT molecular complexity index is 1300. The summed E-state index contributed by atoms with van der Waals surface area (Å²) in [5.41, 5.74) is 3.33. The number of nitrogens with zero attached hydrogens (tertiary/aromatic N) is 2. The Hall–Kier alpha value is -3.80. The van der Waals surface area contributed by atoms with Gasteiger partial charge in [-0.15, -0.1) is 0 Å². The molecule has 2 aromatic heterocycles. The molecule has 5 rings (SSSR count). The third kappa shape index (κ3) is 2.58. The summed E-state index contributed by atoms with van der Waals surface area (Å²) >= 11 is 0. The minimum Gasteiger partial charge on any atom is -0.401 e. The highest BCUT2D eigenvalue weighted by molar-refractivity contribution is 6.20. The van der Waals surface area contributed by atoms with Crippen molar-refractivity contribution in [1.82, 2.24) is 9.97 Å². The van der Waals surface area contributed by atoms with Gasteiger partial charge in [0.1, 0.15) is 5.69 Å². The van der Waals surface area contributed by atoms with Crippen LogP contribution in [-0.2, 0) is 0 Å². The Morgan fingerprint density at radius 1 is 0.889 bits per heavy atom. The van der Waals surface area contributed by atoms with E-state index in [-0.39, 0.29) is 18.1 Å². The van der Waals surface area contributed by atoms with Crippen molar-refractivity contribution >= 4 is 28.1 Å². The number of aromatic nitrogens is 2. The highest BCUT2D eigenvalue weighted by atomic mass is 16.4. The van der Waals surface area contributed by atoms with E-state index in [2.05, 4.69) is 15.0 Å². The second-order valence-electron chi connectivity index (χ2n) is 6.28. The molecule has 130 valence electrons. The standard InChI is InChI=1S/C21H13N3O3/c25-19-11-18(22-14-7-3-1-5-12(14)19)16-9-10-17(23-16)20-24-15-8-4-2-6-13(15)21(26)27-20/h1-10,23H,11H2. The number of carbonyl (C=O) groups excluding carboxylic acids is 1. The fourth-order valence-electron chi connectivity index (χ4n) is 3.22. The molecular formula is C21H13N3O3. The fourth-order valence-corrected chi connectivity index (χ4v) is 3.22. The molecule has 0 saturated heterocycles. The van der Waals surface area contributed by atoms with Crippen LogP contribution >= 0.6 is 0 Å². The predicted octanol–water partition coefficient (Wildman–Crippen LogP) is 3.89. The van der Waals surface area contributed by atoms with Gasteiger partial charge in [0.2, 0.25) is 5.89 Å². The van der Waals surface area contributed by atoms with Gasteiger partial charge in [-0.3, -0.25) is 9.79 Å². The van der Waals surface area contributed by atoms with E-state index in [0.717, 1.165) is 0 Å². The lowest BCUT2D eigenvalue weighted by Gasteiger charge is -2.13. The molecule has 0 spiro atoms. The average molecular weight is 355 g/mol. The minimum absolute atomic E-state index is 0.0297. The number of hydrogen-bond donors (Lipinski definition) is 1. The van der Waals surface area contributed by atoms with Gasteiger partial charge in [0.05, 0.1) is 34.4 Å². The number of para-hydroxylation sites is 2. The molecule has 0 bridgehead atoms. The van der Waals surface area contributed by atoms with Crippen LogP contribution in [0, 0.1) is 0 Å². The first kappa shape index (κ1) is 15.5. The molecule has 0 unspecified atom stereocenters. The molecule has 3 heterocycles. The molecule has 0 saturated carbocycles. The first-order valence-corrected chi connectivity index (χ1v) is 8.48. The van der Waals surface area contributed by atoms with Crippen molar-refractivity contribution in [3.8, 4) is 11.6 Å². The Morgan fingerprint density at radius 3 is 2.59 bits per heavy atom. The van der Waals surface area contributed by atoms with E-state index in [1.165, 1.54) is 0 Å². The van der Waals surface area contributed by atoms with Gasteiger partial charge >= 0.3 is 5.63 Å². The van der Waals surface area contributed by atoms with Crippen LogP contribution < -0.4 is 5.63 Å². The summed E-state index contributed by atoms with van der Waals surface area (Å²) in [5, 5.41) is 0.437. The Labute approximate surface area is 153 Å². The summed E-state index contributed by atoms with van der Waals surface area (Å²) < 4.78 is 5.35. The van der Waals surface area contributed by atoms with Gasteiger partial charge in [0.15, 0.2) is 5.78 Å². The quantitative estimate of drug-likeness (QED) is 0.591. The average Bonchev–Trinajstić information content (AvgIpc) is 3.18. The predicted molar refractivity (Wildman–Crippen MR) is 102 cm³/mol. The number of carbonyl (C=O) groups is 1. The topological polar surface area (TPSA) is 88.3 Å². The van der Waals surface area contributed by atoms with Gasteiger partial charge in [-0.25, -0.2) is 9.78 Å². The number of fused-ring (bicyclic) bond motifs is 2. The number of hydrogen-bond acceptors (Lipinski definition) is 5. The van der Waals surface area contributed by atoms with E-state index < -0.39 is 5.63 Å². The molecular weight excluding hydrogens is 342 g/mol. The molecule has 0 aliphatic carbocycles. The molecule has 1 aliphatic rings. The Morgan fingerprint density at radius 2 is 1.67 bits per heavy atom. The number of benzene rings is 2. The number of H-pyrrole nitrogens is 1. The van der Waals surface area contributed by atoms with Crippen LogP contribution in [0.3, 0.4) is 0 Å². The molecule has 2 aromatic carbocycles. The van der Waals surface area contributed by atoms with Crippen molar-refractivity contribution in [2.45, 2.75) is 6.42 Å². The minimum atomic E-state index is -0.439. The van der Waals surface area contributed by atoms with E-state index in [1.54, 1.807) is 30.3 Å². The van der Waals surface area contributed by atoms with Crippen molar-refractivity contribution in [2.24, 2.45) is 4.99 Å². The van der Waals surface area contributed by atoms with Gasteiger partial charge in [-0.05, 0) is 36.4 Å². The maximum atomic E-state index is 12.4. The third-order valence-electron chi connectivity index (χ3n) is 4.55. The molecule has 1 N–H and O–H groups in total. The summed E-state index contributed by atoms with van der Waals surface area (Å²) in [4.78, 5) is 36.7. The first-order valence-electron chi connectivity index (χ1n) is 8.48. The van der Waals surface area contributed by atoms with E-state index >= 15 is 0 Å². The molecule has 0 atom stereocenters. The molecule has 0 radical (unpaired) electrons. The number of aromatic amines is 1. The fraction of sp³-hybridized carbons (Fsp3) is 0.0476. The Kier molecular flexibility index (Phi) is 3.36. The van der Waals surface area contributed by atoms with E-state index in [4.69, 9.17) is 4.42 Å². The highest BCUT2D eigenvalue weighted by Gasteiger charge is 2.22.